The normalized spacial score (nSPS) is 36.8. The van der Waals surface area contributed by atoms with E-state index in [1.807, 2.05) is 7.05 Å². The molecule has 2 unspecified atom stereocenters. The zero-order valence-corrected chi connectivity index (χ0v) is 17.0. The molecule has 4 bridgehead atoms. The largest absolute Gasteiger partial charge is 0.341 e. The van der Waals surface area contributed by atoms with Crippen molar-refractivity contribution in [2.75, 3.05) is 7.05 Å². The molecule has 5 rings (SSSR count). The summed E-state index contributed by atoms with van der Waals surface area (Å²) in [6.45, 7) is 0.330. The standard InChI is InChI=1S/C19H22Br2FNO/c1-23(10-14-5-15(20)2-3-16(14)22)17(24)18-6-12-4-13(7-18)9-19(21,8-12)11-18/h2-3,5,12-13H,4,6-11H2,1H3. The lowest BCUT2D eigenvalue weighted by Gasteiger charge is -2.60. The van der Waals surface area contributed by atoms with Gasteiger partial charge >= 0.3 is 0 Å². The third-order valence-corrected chi connectivity index (χ3v) is 7.63. The zero-order valence-electron chi connectivity index (χ0n) is 13.8. The molecule has 2 atom stereocenters. The topological polar surface area (TPSA) is 20.3 Å². The van der Waals surface area contributed by atoms with Crippen molar-refractivity contribution in [2.24, 2.45) is 17.3 Å². The van der Waals surface area contributed by atoms with Crippen molar-refractivity contribution in [3.8, 4) is 0 Å². The number of hydrogen-bond acceptors (Lipinski definition) is 1. The van der Waals surface area contributed by atoms with E-state index in [2.05, 4.69) is 31.9 Å². The molecule has 0 heterocycles. The van der Waals surface area contributed by atoms with Crippen LogP contribution in [-0.2, 0) is 11.3 Å². The van der Waals surface area contributed by atoms with Crippen molar-refractivity contribution in [3.63, 3.8) is 0 Å². The van der Waals surface area contributed by atoms with E-state index >= 15 is 0 Å². The maximum atomic E-state index is 14.1. The van der Waals surface area contributed by atoms with E-state index in [4.69, 9.17) is 0 Å². The van der Waals surface area contributed by atoms with E-state index in [-0.39, 0.29) is 21.5 Å². The first-order valence-corrected chi connectivity index (χ1v) is 10.3. The molecule has 0 aromatic heterocycles. The van der Waals surface area contributed by atoms with E-state index in [1.54, 1.807) is 17.0 Å². The number of carbonyl (C=O) groups excluding carboxylic acids is 1. The van der Waals surface area contributed by atoms with Crippen molar-refractivity contribution in [1.82, 2.24) is 4.90 Å². The quantitative estimate of drug-likeness (QED) is 0.564. The summed E-state index contributed by atoms with van der Waals surface area (Å²) in [5.74, 6) is 1.30. The minimum absolute atomic E-state index is 0.161. The first-order chi connectivity index (χ1) is 11.3. The molecule has 4 aliphatic rings. The van der Waals surface area contributed by atoms with E-state index in [0.29, 0.717) is 23.9 Å². The Labute approximate surface area is 159 Å². The van der Waals surface area contributed by atoms with Crippen LogP contribution >= 0.6 is 31.9 Å². The fourth-order valence-corrected chi connectivity index (χ4v) is 7.66. The second kappa shape index (κ2) is 5.80. The SMILES string of the molecule is CN(Cc1cc(Br)ccc1F)C(=O)C12CC3CC(CC(Br)(C3)C1)C2. The summed E-state index contributed by atoms with van der Waals surface area (Å²) in [6.07, 6.45) is 6.68. The molecule has 0 saturated heterocycles. The molecule has 1 aromatic carbocycles. The van der Waals surface area contributed by atoms with E-state index in [1.165, 1.54) is 25.3 Å². The molecule has 24 heavy (non-hydrogen) atoms. The number of carbonyl (C=O) groups is 1. The van der Waals surface area contributed by atoms with Crippen molar-refractivity contribution < 1.29 is 9.18 Å². The van der Waals surface area contributed by atoms with Gasteiger partial charge in [-0.1, -0.05) is 31.9 Å². The second-order valence-corrected chi connectivity index (χ2v) is 10.9. The molecule has 0 spiro atoms. The Kier molecular flexibility index (Phi) is 4.11. The maximum absolute atomic E-state index is 14.1. The lowest BCUT2D eigenvalue weighted by atomic mass is 9.49. The average Bonchev–Trinajstić information content (AvgIpc) is 2.47. The van der Waals surface area contributed by atoms with Gasteiger partial charge in [0.05, 0.1) is 5.41 Å². The van der Waals surface area contributed by atoms with Gasteiger partial charge in [-0.05, 0) is 68.6 Å². The minimum Gasteiger partial charge on any atom is -0.341 e. The van der Waals surface area contributed by atoms with Crippen molar-refractivity contribution in [3.05, 3.63) is 34.1 Å². The van der Waals surface area contributed by atoms with Crippen LogP contribution < -0.4 is 0 Å². The van der Waals surface area contributed by atoms with E-state index in [0.717, 1.165) is 23.7 Å². The molecule has 4 saturated carbocycles. The molecule has 0 N–H and O–H groups in total. The number of hydrogen-bond donors (Lipinski definition) is 0. The summed E-state index contributed by atoms with van der Waals surface area (Å²) in [5.41, 5.74) is 0.337. The number of benzene rings is 1. The third kappa shape index (κ3) is 2.86. The molecule has 4 fully saturated rings. The van der Waals surface area contributed by atoms with E-state index in [9.17, 15) is 9.18 Å². The monoisotopic (exact) mass is 457 g/mol. The number of alkyl halides is 1. The Morgan fingerprint density at radius 2 is 1.96 bits per heavy atom. The van der Waals surface area contributed by atoms with Crippen molar-refractivity contribution >= 4 is 37.8 Å². The van der Waals surface area contributed by atoms with Gasteiger partial charge in [-0.15, -0.1) is 0 Å². The molecule has 2 nitrogen and oxygen atoms in total. The fraction of sp³-hybridized carbons (Fsp3) is 0.632. The first kappa shape index (κ1) is 17.0. The van der Waals surface area contributed by atoms with Gasteiger partial charge in [0, 0.05) is 28.0 Å². The zero-order chi connectivity index (χ0) is 17.1. The molecule has 130 valence electrons. The summed E-state index contributed by atoms with van der Waals surface area (Å²) in [6, 6.07) is 4.91. The molecule has 1 amide bonds. The van der Waals surface area contributed by atoms with Crippen LogP contribution in [-0.4, -0.2) is 22.2 Å². The average molecular weight is 459 g/mol. The highest BCUT2D eigenvalue weighted by Gasteiger charge is 2.60. The van der Waals surface area contributed by atoms with Crippen LogP contribution in [0.4, 0.5) is 4.39 Å². The van der Waals surface area contributed by atoms with Crippen LogP contribution in [0.25, 0.3) is 0 Å². The van der Waals surface area contributed by atoms with Crippen LogP contribution in [0.3, 0.4) is 0 Å². The number of nitrogens with zero attached hydrogens (tertiary/aromatic N) is 1. The smallest absolute Gasteiger partial charge is 0.228 e. The van der Waals surface area contributed by atoms with Gasteiger partial charge < -0.3 is 4.90 Å². The molecular formula is C19H22Br2FNO. The number of rotatable bonds is 3. The summed E-state index contributed by atoms with van der Waals surface area (Å²) < 4.78 is 15.1. The summed E-state index contributed by atoms with van der Waals surface area (Å²) in [5, 5.41) is 0. The summed E-state index contributed by atoms with van der Waals surface area (Å²) in [7, 11) is 1.82. The van der Waals surface area contributed by atoms with Gasteiger partial charge in [0.25, 0.3) is 0 Å². The fourth-order valence-electron chi connectivity index (χ4n) is 5.80. The lowest BCUT2D eigenvalue weighted by molar-refractivity contribution is -0.154. The highest BCUT2D eigenvalue weighted by Crippen LogP contribution is 2.64. The van der Waals surface area contributed by atoms with Gasteiger partial charge in [-0.3, -0.25) is 4.79 Å². The first-order valence-electron chi connectivity index (χ1n) is 8.67. The third-order valence-electron chi connectivity index (χ3n) is 6.21. The second-order valence-electron chi connectivity index (χ2n) is 8.29. The summed E-state index contributed by atoms with van der Waals surface area (Å²) in [4.78, 5) is 15.1. The Balaban J connectivity index is 1.56. The molecule has 0 radical (unpaired) electrons. The van der Waals surface area contributed by atoms with Gasteiger partial charge in [0.15, 0.2) is 0 Å². The van der Waals surface area contributed by atoms with Crippen LogP contribution in [0.1, 0.15) is 44.1 Å². The maximum Gasteiger partial charge on any atom is 0.228 e. The predicted molar refractivity (Wildman–Crippen MR) is 99.3 cm³/mol. The van der Waals surface area contributed by atoms with Crippen LogP contribution in [0, 0.1) is 23.1 Å². The lowest BCUT2D eigenvalue weighted by Crippen LogP contribution is -2.58. The number of halogens is 3. The summed E-state index contributed by atoms with van der Waals surface area (Å²) >= 11 is 7.35. The van der Waals surface area contributed by atoms with Gasteiger partial charge in [-0.2, -0.15) is 0 Å². The van der Waals surface area contributed by atoms with Gasteiger partial charge in [0.1, 0.15) is 5.82 Å². The van der Waals surface area contributed by atoms with Crippen molar-refractivity contribution in [1.29, 1.82) is 0 Å². The number of amides is 1. The molecular weight excluding hydrogens is 437 g/mol. The molecule has 0 aliphatic heterocycles. The Morgan fingerprint density at radius 3 is 2.58 bits per heavy atom. The van der Waals surface area contributed by atoms with Crippen LogP contribution in [0.2, 0.25) is 0 Å². The minimum atomic E-state index is -0.250. The molecule has 4 aliphatic carbocycles. The molecule has 1 aromatic rings. The van der Waals surface area contributed by atoms with Crippen LogP contribution in [0.5, 0.6) is 0 Å². The van der Waals surface area contributed by atoms with Gasteiger partial charge in [0.2, 0.25) is 5.91 Å². The molecule has 5 heteroatoms. The predicted octanol–water partition coefficient (Wildman–Crippen LogP) is 5.28. The Bertz CT molecular complexity index is 678. The van der Waals surface area contributed by atoms with Gasteiger partial charge in [-0.25, -0.2) is 4.39 Å². The highest BCUT2D eigenvalue weighted by atomic mass is 79.9. The van der Waals surface area contributed by atoms with Crippen molar-refractivity contribution in [2.45, 2.75) is 49.4 Å². The highest BCUT2D eigenvalue weighted by molar-refractivity contribution is 9.10. The van der Waals surface area contributed by atoms with Crippen LogP contribution in [0.15, 0.2) is 22.7 Å². The van der Waals surface area contributed by atoms with E-state index < -0.39 is 0 Å². The Hall–Kier alpha value is -0.420. The Morgan fingerprint density at radius 1 is 1.29 bits per heavy atom.